The van der Waals surface area contributed by atoms with Crippen molar-refractivity contribution in [3.8, 4) is 12.3 Å². The minimum Gasteiger partial charge on any atom is -0.304 e. The molecule has 0 aliphatic heterocycles. The van der Waals surface area contributed by atoms with E-state index >= 15 is 0 Å². The molecular weight excluding hydrogens is 476 g/mol. The highest BCUT2D eigenvalue weighted by Crippen LogP contribution is 2.23. The molecule has 0 bridgehead atoms. The van der Waals surface area contributed by atoms with Gasteiger partial charge in [-0.25, -0.2) is 8.42 Å². The third kappa shape index (κ3) is 5.04. The molecule has 0 aliphatic rings. The highest BCUT2D eigenvalue weighted by Gasteiger charge is 2.22. The molecule has 174 valence electrons. The van der Waals surface area contributed by atoms with Crippen LogP contribution in [0.1, 0.15) is 10.4 Å². The maximum atomic E-state index is 12.8. The zero-order valence-corrected chi connectivity index (χ0v) is 19.6. The molecule has 0 fully saturated rings. The van der Waals surface area contributed by atoms with Gasteiger partial charge in [0.25, 0.3) is 11.6 Å². The van der Waals surface area contributed by atoms with Crippen molar-refractivity contribution in [2.24, 2.45) is 4.99 Å². The van der Waals surface area contributed by atoms with Crippen molar-refractivity contribution in [1.29, 1.82) is 0 Å². The van der Waals surface area contributed by atoms with Crippen molar-refractivity contribution in [3.63, 3.8) is 0 Å². The van der Waals surface area contributed by atoms with Crippen molar-refractivity contribution in [1.82, 2.24) is 8.87 Å². The van der Waals surface area contributed by atoms with Crippen LogP contribution < -0.4 is 4.80 Å². The maximum absolute atomic E-state index is 12.8. The lowest BCUT2D eigenvalue weighted by Crippen LogP contribution is -2.31. The van der Waals surface area contributed by atoms with Crippen LogP contribution in [-0.2, 0) is 16.6 Å². The predicted molar refractivity (Wildman–Crippen MR) is 131 cm³/mol. The van der Waals surface area contributed by atoms with Crippen LogP contribution in [0.5, 0.6) is 0 Å². The summed E-state index contributed by atoms with van der Waals surface area (Å²) in [5, 5.41) is 11.1. The predicted octanol–water partition coefficient (Wildman–Crippen LogP) is 3.35. The Morgan fingerprint density at radius 3 is 2.41 bits per heavy atom. The van der Waals surface area contributed by atoms with Crippen molar-refractivity contribution in [2.45, 2.75) is 11.4 Å². The number of hydrogen-bond acceptors (Lipinski definition) is 6. The lowest BCUT2D eigenvalue weighted by molar-refractivity contribution is -0.384. The smallest absolute Gasteiger partial charge is 0.279 e. The monoisotopic (exact) mass is 496 g/mol. The normalized spacial score (nSPS) is 11.9. The fraction of sp³-hybridized carbons (Fsp3) is 0.130. The van der Waals surface area contributed by atoms with Crippen LogP contribution in [0.2, 0.25) is 0 Å². The van der Waals surface area contributed by atoms with Crippen molar-refractivity contribution >= 4 is 43.2 Å². The molecule has 3 rings (SSSR count). The van der Waals surface area contributed by atoms with E-state index in [1.54, 1.807) is 10.6 Å². The van der Waals surface area contributed by atoms with Crippen LogP contribution in [0.25, 0.3) is 10.2 Å². The fourth-order valence-electron chi connectivity index (χ4n) is 3.13. The lowest BCUT2D eigenvalue weighted by atomic mass is 10.2. The molecule has 0 unspecified atom stereocenters. The molecule has 1 aromatic heterocycles. The molecule has 9 nitrogen and oxygen atoms in total. The highest BCUT2D eigenvalue weighted by atomic mass is 32.2. The number of fused-ring (bicyclic) bond motifs is 1. The second kappa shape index (κ2) is 10.4. The van der Waals surface area contributed by atoms with E-state index in [1.165, 1.54) is 64.2 Å². The maximum Gasteiger partial charge on any atom is 0.279 e. The van der Waals surface area contributed by atoms with Crippen LogP contribution in [-0.4, -0.2) is 41.2 Å². The van der Waals surface area contributed by atoms with Crippen LogP contribution in [0.3, 0.4) is 0 Å². The molecule has 0 saturated carbocycles. The van der Waals surface area contributed by atoms with Gasteiger partial charge in [-0.3, -0.25) is 14.9 Å². The number of non-ortho nitro benzene ring substituents is 1. The number of thiazole rings is 1. The number of sulfonamides is 1. The number of nitro benzene ring substituents is 1. The van der Waals surface area contributed by atoms with Gasteiger partial charge in [-0.1, -0.05) is 29.4 Å². The first-order valence-corrected chi connectivity index (χ1v) is 12.1. The molecule has 34 heavy (non-hydrogen) atoms. The highest BCUT2D eigenvalue weighted by molar-refractivity contribution is 7.89. The van der Waals surface area contributed by atoms with Crippen molar-refractivity contribution < 1.29 is 18.1 Å². The summed E-state index contributed by atoms with van der Waals surface area (Å²) in [4.78, 5) is 27.8. The molecule has 0 N–H and O–H groups in total. The van der Waals surface area contributed by atoms with Gasteiger partial charge in [-0.05, 0) is 30.3 Å². The number of aromatic nitrogens is 1. The molecule has 3 aromatic rings. The third-order valence-electron chi connectivity index (χ3n) is 4.73. The third-order valence-corrected chi connectivity index (χ3v) is 7.63. The average Bonchev–Trinajstić information content (AvgIpc) is 3.15. The van der Waals surface area contributed by atoms with E-state index in [9.17, 15) is 23.3 Å². The number of terminal acetylenes is 1. The molecule has 0 spiro atoms. The largest absolute Gasteiger partial charge is 0.304 e. The topological polar surface area (TPSA) is 115 Å². The molecule has 2 aromatic carbocycles. The molecule has 1 amide bonds. The van der Waals surface area contributed by atoms with E-state index in [1.807, 2.05) is 0 Å². The Balaban J connectivity index is 1.99. The van der Waals surface area contributed by atoms with Crippen molar-refractivity contribution in [3.05, 3.63) is 88.3 Å². The number of carbonyl (C=O) groups is 1. The second-order valence-electron chi connectivity index (χ2n) is 6.92. The molecule has 0 atom stereocenters. The number of nitro groups is 1. The van der Waals surface area contributed by atoms with Gasteiger partial charge in [-0.15, -0.1) is 19.6 Å². The number of nitrogens with zero attached hydrogens (tertiary/aromatic N) is 4. The Morgan fingerprint density at radius 1 is 1.21 bits per heavy atom. The van der Waals surface area contributed by atoms with Crippen LogP contribution in [0.15, 0.2) is 77.7 Å². The first-order chi connectivity index (χ1) is 16.2. The summed E-state index contributed by atoms with van der Waals surface area (Å²) in [7, 11) is -3.80. The van der Waals surface area contributed by atoms with Gasteiger partial charge in [0.15, 0.2) is 4.80 Å². The number of hydrogen-bond donors (Lipinski definition) is 0. The van der Waals surface area contributed by atoms with E-state index in [-0.39, 0.29) is 40.6 Å². The molecule has 0 aliphatic carbocycles. The summed E-state index contributed by atoms with van der Waals surface area (Å²) in [6.45, 7) is 7.44. The Morgan fingerprint density at radius 2 is 1.85 bits per heavy atom. The summed E-state index contributed by atoms with van der Waals surface area (Å²) in [6, 6.07) is 9.75. The first kappa shape index (κ1) is 24.8. The van der Waals surface area contributed by atoms with E-state index in [4.69, 9.17) is 6.42 Å². The number of rotatable bonds is 9. The van der Waals surface area contributed by atoms with Crippen LogP contribution in [0, 0.1) is 22.5 Å². The van der Waals surface area contributed by atoms with Crippen LogP contribution >= 0.6 is 11.3 Å². The second-order valence-corrected chi connectivity index (χ2v) is 9.87. The summed E-state index contributed by atoms with van der Waals surface area (Å²) < 4.78 is 29.1. The number of amides is 1. The first-order valence-electron chi connectivity index (χ1n) is 9.85. The lowest BCUT2D eigenvalue weighted by Gasteiger charge is -2.19. The number of benzene rings is 2. The van der Waals surface area contributed by atoms with E-state index < -0.39 is 20.9 Å². The summed E-state index contributed by atoms with van der Waals surface area (Å²) in [6.07, 6.45) is 8.39. The van der Waals surface area contributed by atoms with Gasteiger partial charge in [-0.2, -0.15) is 9.30 Å². The summed E-state index contributed by atoms with van der Waals surface area (Å²) in [5.74, 6) is 1.86. The minimum atomic E-state index is -3.80. The summed E-state index contributed by atoms with van der Waals surface area (Å²) >= 11 is 1.17. The molecular formula is C23H20N4O5S2. The molecule has 1 heterocycles. The zero-order valence-electron chi connectivity index (χ0n) is 18.0. The standard InChI is InChI=1S/C23H20N4O5S2/c1-4-13-25(14-5-2)34(31,32)19-10-7-17(8-11-19)22(28)24-23-26(15-6-3)20-16-18(27(29)30)9-12-21(20)33-23/h3-5,7-12,16H,1-2,13-15H2. The Bertz CT molecular complexity index is 1480. The Kier molecular flexibility index (Phi) is 7.57. The SMILES string of the molecule is C#CCn1c(=NC(=O)c2ccc(S(=O)(=O)N(CC=C)CC=C)cc2)sc2ccc([N+](=O)[O-])cc21. The van der Waals surface area contributed by atoms with E-state index in [2.05, 4.69) is 24.1 Å². The minimum absolute atomic E-state index is 0.0179. The Labute approximate surface area is 200 Å². The molecule has 0 radical (unpaired) electrons. The van der Waals surface area contributed by atoms with E-state index in [0.717, 1.165) is 0 Å². The average molecular weight is 497 g/mol. The van der Waals surface area contributed by atoms with Gasteiger partial charge in [0.05, 0.1) is 26.6 Å². The molecule has 0 saturated heterocycles. The molecule has 11 heteroatoms. The fourth-order valence-corrected chi connectivity index (χ4v) is 5.52. The van der Waals surface area contributed by atoms with Gasteiger partial charge in [0, 0.05) is 30.8 Å². The van der Waals surface area contributed by atoms with Gasteiger partial charge < -0.3 is 4.57 Å². The van der Waals surface area contributed by atoms with Crippen molar-refractivity contribution in [2.75, 3.05) is 13.1 Å². The van der Waals surface area contributed by atoms with E-state index in [0.29, 0.717) is 10.2 Å². The van der Waals surface area contributed by atoms with Crippen LogP contribution in [0.4, 0.5) is 5.69 Å². The zero-order chi connectivity index (χ0) is 24.9. The number of carbonyl (C=O) groups excluding carboxylic acids is 1. The summed E-state index contributed by atoms with van der Waals surface area (Å²) in [5.41, 5.74) is 0.566. The van der Waals surface area contributed by atoms with Gasteiger partial charge >= 0.3 is 0 Å². The van der Waals surface area contributed by atoms with Gasteiger partial charge in [0.1, 0.15) is 0 Å². The quantitative estimate of drug-likeness (QED) is 0.195. The Hall–Kier alpha value is -3.85. The van der Waals surface area contributed by atoms with Gasteiger partial charge in [0.2, 0.25) is 10.0 Å².